The number of likely N-dealkylation sites (tertiary alicyclic amines) is 1. The summed E-state index contributed by atoms with van der Waals surface area (Å²) in [5, 5.41) is 15.2. The second kappa shape index (κ2) is 11.2. The third-order valence-corrected chi connectivity index (χ3v) is 5.48. The largest absolute Gasteiger partial charge is 0.416 e. The van der Waals surface area contributed by atoms with Crippen molar-refractivity contribution in [3.63, 3.8) is 0 Å². The molecule has 5 nitrogen and oxygen atoms in total. The van der Waals surface area contributed by atoms with Crippen LogP contribution in [0.25, 0.3) is 0 Å². The molecule has 0 aromatic rings. The Labute approximate surface area is 183 Å². The first kappa shape index (κ1) is 26.2. The van der Waals surface area contributed by atoms with Crippen LogP contribution in [0, 0.1) is 0 Å². The number of hydrogen-bond donors (Lipinski definition) is 3. The van der Waals surface area contributed by atoms with Gasteiger partial charge in [-0.3, -0.25) is 9.69 Å². The van der Waals surface area contributed by atoms with Crippen LogP contribution in [0.15, 0.2) is 36.1 Å². The molecular weight excluding hydrogens is 440 g/mol. The van der Waals surface area contributed by atoms with E-state index in [0.717, 1.165) is 38.8 Å². The van der Waals surface area contributed by atoms with Crippen molar-refractivity contribution in [1.82, 2.24) is 15.5 Å². The molecule has 0 unspecified atom stereocenters. The van der Waals surface area contributed by atoms with Crippen molar-refractivity contribution in [3.05, 3.63) is 36.1 Å². The first-order chi connectivity index (χ1) is 14.8. The average molecular weight is 469 g/mol. The highest BCUT2D eigenvalue weighted by atomic mass is 19.4. The summed E-state index contributed by atoms with van der Waals surface area (Å²) in [6.45, 7) is 5.47. The molecule has 1 heterocycles. The van der Waals surface area contributed by atoms with Gasteiger partial charge < -0.3 is 15.7 Å². The predicted molar refractivity (Wildman–Crippen MR) is 107 cm³/mol. The van der Waals surface area contributed by atoms with Crippen LogP contribution in [0.3, 0.4) is 0 Å². The summed E-state index contributed by atoms with van der Waals surface area (Å²) in [6, 6.07) is 0.631. The van der Waals surface area contributed by atoms with Gasteiger partial charge in [-0.05, 0) is 25.7 Å². The molecule has 0 atom stereocenters. The number of nitrogens with one attached hydrogen (secondary N) is 2. The lowest BCUT2D eigenvalue weighted by Gasteiger charge is -2.46. The number of allylic oxidation sites excluding steroid dienone is 3. The second-order valence-corrected chi connectivity index (χ2v) is 8.22. The molecule has 0 radical (unpaired) electrons. The summed E-state index contributed by atoms with van der Waals surface area (Å²) >= 11 is 0. The summed E-state index contributed by atoms with van der Waals surface area (Å²) in [7, 11) is 0. The van der Waals surface area contributed by atoms with Crippen molar-refractivity contribution >= 4 is 5.91 Å². The first-order valence-corrected chi connectivity index (χ1v) is 10.5. The molecule has 0 aromatic heterocycles. The van der Waals surface area contributed by atoms with E-state index in [-0.39, 0.29) is 18.7 Å². The number of rotatable bonds is 9. The Bertz CT molecular complexity index is 703. The second-order valence-electron chi connectivity index (χ2n) is 8.22. The lowest BCUT2D eigenvalue weighted by molar-refractivity contribution is -0.125. The monoisotopic (exact) mass is 469 g/mol. The molecule has 3 N–H and O–H groups in total. The van der Waals surface area contributed by atoms with Gasteiger partial charge in [0, 0.05) is 31.2 Å². The van der Waals surface area contributed by atoms with Crippen LogP contribution < -0.4 is 10.6 Å². The molecule has 2 fully saturated rings. The fourth-order valence-electron chi connectivity index (χ4n) is 3.74. The number of amides is 1. The van der Waals surface area contributed by atoms with Crippen LogP contribution in [0.4, 0.5) is 26.3 Å². The first-order valence-electron chi connectivity index (χ1n) is 10.5. The summed E-state index contributed by atoms with van der Waals surface area (Å²) in [5.74, 6) is -0.699. The molecule has 0 aromatic carbocycles. The zero-order chi connectivity index (χ0) is 23.9. The fraction of sp³-hybridized carbons (Fsp3) is 0.667. The molecule has 0 bridgehead atoms. The van der Waals surface area contributed by atoms with E-state index >= 15 is 0 Å². The van der Waals surface area contributed by atoms with Gasteiger partial charge in [-0.1, -0.05) is 24.8 Å². The van der Waals surface area contributed by atoms with Crippen molar-refractivity contribution in [1.29, 1.82) is 0 Å². The van der Waals surface area contributed by atoms with Gasteiger partial charge in [0.25, 0.3) is 0 Å². The summed E-state index contributed by atoms with van der Waals surface area (Å²) in [4.78, 5) is 14.2. The van der Waals surface area contributed by atoms with Crippen LogP contribution in [-0.4, -0.2) is 66.1 Å². The lowest BCUT2D eigenvalue weighted by atomic mass is 9.89. The Morgan fingerprint density at radius 1 is 1.09 bits per heavy atom. The van der Waals surface area contributed by atoms with E-state index in [1.807, 2.05) is 0 Å². The quantitative estimate of drug-likeness (QED) is 0.357. The van der Waals surface area contributed by atoms with Crippen molar-refractivity contribution < 1.29 is 36.2 Å². The van der Waals surface area contributed by atoms with Crippen LogP contribution in [-0.2, 0) is 4.79 Å². The zero-order valence-corrected chi connectivity index (χ0v) is 17.6. The van der Waals surface area contributed by atoms with Gasteiger partial charge in [0.2, 0.25) is 5.91 Å². The molecule has 2 rings (SSSR count). The third-order valence-electron chi connectivity index (χ3n) is 5.48. The Kier molecular flexibility index (Phi) is 9.20. The Hall–Kier alpha value is -2.01. The van der Waals surface area contributed by atoms with E-state index in [9.17, 15) is 36.2 Å². The van der Waals surface area contributed by atoms with E-state index in [1.54, 1.807) is 0 Å². The van der Waals surface area contributed by atoms with E-state index in [0.29, 0.717) is 30.0 Å². The van der Waals surface area contributed by atoms with Crippen molar-refractivity contribution in [2.75, 3.05) is 19.6 Å². The van der Waals surface area contributed by atoms with Crippen LogP contribution in [0.2, 0.25) is 0 Å². The van der Waals surface area contributed by atoms with Gasteiger partial charge in [0.05, 0.1) is 30.7 Å². The van der Waals surface area contributed by atoms with E-state index in [4.69, 9.17) is 0 Å². The van der Waals surface area contributed by atoms with Crippen LogP contribution >= 0.6 is 0 Å². The smallest absolute Gasteiger partial charge is 0.393 e. The number of nitrogens with zero attached hydrogens (tertiary/aromatic N) is 1. The molecule has 2 aliphatic rings. The van der Waals surface area contributed by atoms with Crippen molar-refractivity contribution in [2.24, 2.45) is 0 Å². The number of aliphatic hydroxyl groups is 1. The summed E-state index contributed by atoms with van der Waals surface area (Å²) in [5.41, 5.74) is -0.786. The Balaban J connectivity index is 1.69. The minimum Gasteiger partial charge on any atom is -0.393 e. The average Bonchev–Trinajstić information content (AvgIpc) is 2.64. The molecule has 11 heteroatoms. The highest BCUT2D eigenvalue weighted by molar-refractivity contribution is 5.77. The molecule has 32 heavy (non-hydrogen) atoms. The standard InChI is InChI=1S/C21H29F6N3O2/c1-14(29-16-12-30(13-16)17-5-7-18(31)8-6-17)11-28-19(32)9-4-15(21(25,26)27)3-2-10-20(22,23)24/h2-4,16-18,29,31H,1,5-13H2,(H,28,32)/b3-2-,15-4+/t17-,18-. The number of alkyl halides is 6. The number of halogens is 6. The zero-order valence-electron chi connectivity index (χ0n) is 17.6. The maximum atomic E-state index is 12.9. The normalized spacial score (nSPS) is 23.8. The summed E-state index contributed by atoms with van der Waals surface area (Å²) < 4.78 is 75.0. The van der Waals surface area contributed by atoms with Gasteiger partial charge >= 0.3 is 12.4 Å². The van der Waals surface area contributed by atoms with Crippen LogP contribution in [0.5, 0.6) is 0 Å². The molecule has 0 spiro atoms. The van der Waals surface area contributed by atoms with Gasteiger partial charge in [0.1, 0.15) is 0 Å². The molecule has 1 saturated heterocycles. The Morgan fingerprint density at radius 3 is 2.28 bits per heavy atom. The van der Waals surface area contributed by atoms with Gasteiger partial charge in [-0.2, -0.15) is 26.3 Å². The summed E-state index contributed by atoms with van der Waals surface area (Å²) in [6.07, 6.45) is -6.98. The van der Waals surface area contributed by atoms with Gasteiger partial charge in [0.15, 0.2) is 0 Å². The number of carbonyl (C=O) groups is 1. The molecule has 1 aliphatic heterocycles. The SMILES string of the molecule is C=C(CNC(=O)C/C=C(\C=C/CC(F)(F)F)C(F)(F)F)NC1CN([C@H]2CC[C@H](O)CC2)C1. The number of carbonyl (C=O) groups excluding carboxylic acids is 1. The van der Waals surface area contributed by atoms with Gasteiger partial charge in [-0.15, -0.1) is 0 Å². The minimum absolute atomic E-state index is 0.0318. The van der Waals surface area contributed by atoms with Crippen molar-refractivity contribution in [3.8, 4) is 0 Å². The van der Waals surface area contributed by atoms with Gasteiger partial charge in [-0.25, -0.2) is 0 Å². The highest BCUT2D eigenvalue weighted by Gasteiger charge is 2.34. The topological polar surface area (TPSA) is 64.6 Å². The fourth-order valence-corrected chi connectivity index (χ4v) is 3.74. The maximum absolute atomic E-state index is 12.9. The van der Waals surface area contributed by atoms with E-state index in [2.05, 4.69) is 22.1 Å². The minimum atomic E-state index is -4.86. The van der Waals surface area contributed by atoms with Crippen molar-refractivity contribution in [2.45, 2.75) is 69.1 Å². The predicted octanol–water partition coefficient (Wildman–Crippen LogP) is 3.58. The maximum Gasteiger partial charge on any atom is 0.416 e. The third kappa shape index (κ3) is 9.23. The number of hydrogen-bond acceptors (Lipinski definition) is 4. The number of aliphatic hydroxyl groups excluding tert-OH is 1. The Morgan fingerprint density at radius 2 is 1.72 bits per heavy atom. The van der Waals surface area contributed by atoms with E-state index < -0.39 is 36.7 Å². The highest BCUT2D eigenvalue weighted by Crippen LogP contribution is 2.29. The molecule has 182 valence electrons. The molecule has 1 aliphatic carbocycles. The molecule has 1 amide bonds. The lowest BCUT2D eigenvalue weighted by Crippen LogP contribution is -2.61. The van der Waals surface area contributed by atoms with E-state index in [1.165, 1.54) is 0 Å². The van der Waals surface area contributed by atoms with Crippen LogP contribution in [0.1, 0.15) is 38.5 Å². The molecular formula is C21H29F6N3O2. The molecule has 1 saturated carbocycles.